The van der Waals surface area contributed by atoms with E-state index in [1.54, 1.807) is 6.07 Å². The molecule has 7 N–H and O–H groups in total. The van der Waals surface area contributed by atoms with Gasteiger partial charge in [-0.3, -0.25) is 10.6 Å². The summed E-state index contributed by atoms with van der Waals surface area (Å²) in [6.45, 7) is 5.88. The van der Waals surface area contributed by atoms with Crippen LogP contribution in [0, 0.1) is 11.7 Å². The Labute approximate surface area is 195 Å². The number of hydrogen-bond donors (Lipinski definition) is 4. The number of likely N-dealkylation sites (N-methyl/N-ethyl adjacent to an activating group) is 1. The van der Waals surface area contributed by atoms with Gasteiger partial charge in [0, 0.05) is 23.7 Å². The lowest BCUT2D eigenvalue weighted by Gasteiger charge is -2.44. The maximum Gasteiger partial charge on any atom is 0.305 e. The Hall–Kier alpha value is -2.43. The molecule has 1 saturated heterocycles. The number of anilines is 1. The second-order valence-corrected chi connectivity index (χ2v) is 9.56. The fourth-order valence-corrected chi connectivity index (χ4v) is 5.82. The van der Waals surface area contributed by atoms with E-state index in [9.17, 15) is 4.39 Å². The number of methoxy groups -OCH3 is 1. The maximum absolute atomic E-state index is 14.1. The summed E-state index contributed by atoms with van der Waals surface area (Å²) < 4.78 is 19.5. The minimum Gasteiger partial charge on any atom is -0.494 e. The topological polar surface area (TPSA) is 127 Å². The molecule has 0 radical (unpaired) electrons. The fraction of sp³-hybridized carbons (Fsp3) is 0.652. The van der Waals surface area contributed by atoms with Crippen molar-refractivity contribution in [2.45, 2.75) is 57.4 Å². The number of likely N-dealkylation sites (tertiary alicyclic amines) is 1. The van der Waals surface area contributed by atoms with Crippen LogP contribution >= 0.6 is 0 Å². The number of nitrogens with two attached hydrogens (primary N) is 3. The van der Waals surface area contributed by atoms with Gasteiger partial charge in [-0.2, -0.15) is 4.99 Å². The second kappa shape index (κ2) is 9.82. The summed E-state index contributed by atoms with van der Waals surface area (Å²) in [4.78, 5) is 11.3. The van der Waals surface area contributed by atoms with Gasteiger partial charge in [0.2, 0.25) is 12.2 Å². The van der Waals surface area contributed by atoms with E-state index in [-0.39, 0.29) is 23.6 Å². The Kier molecular flexibility index (Phi) is 7.06. The SMILES string of the molecule is CCN1CCCC1C[N+]1(CC2CCC(Nc3ccc(OC)c(F)c3)C2)C(N)=NC(N)=NC1N. The van der Waals surface area contributed by atoms with E-state index in [2.05, 4.69) is 27.1 Å². The van der Waals surface area contributed by atoms with E-state index in [1.807, 2.05) is 6.07 Å². The van der Waals surface area contributed by atoms with Crippen molar-refractivity contribution in [3.05, 3.63) is 24.0 Å². The molecule has 10 heteroatoms. The van der Waals surface area contributed by atoms with Crippen LogP contribution < -0.4 is 27.3 Å². The molecule has 0 spiro atoms. The Morgan fingerprint density at radius 2 is 2.06 bits per heavy atom. The van der Waals surface area contributed by atoms with Gasteiger partial charge in [-0.1, -0.05) is 6.92 Å². The summed E-state index contributed by atoms with van der Waals surface area (Å²) in [5.74, 6) is 0.901. The number of rotatable bonds is 8. The Balaban J connectivity index is 1.47. The van der Waals surface area contributed by atoms with Gasteiger partial charge in [-0.05, 0) is 57.3 Å². The zero-order chi connectivity index (χ0) is 23.6. The van der Waals surface area contributed by atoms with Gasteiger partial charge in [-0.15, -0.1) is 4.99 Å². The van der Waals surface area contributed by atoms with Gasteiger partial charge in [0.1, 0.15) is 6.54 Å². The summed E-state index contributed by atoms with van der Waals surface area (Å²) in [7, 11) is 1.47. The average molecular weight is 462 g/mol. The number of ether oxygens (including phenoxy) is 1. The first kappa shape index (κ1) is 23.7. The fourth-order valence-electron chi connectivity index (χ4n) is 5.82. The molecule has 3 aliphatic rings. The van der Waals surface area contributed by atoms with E-state index in [1.165, 1.54) is 19.6 Å². The van der Waals surface area contributed by atoms with Crippen LogP contribution in [0.1, 0.15) is 39.0 Å². The van der Waals surface area contributed by atoms with Crippen LogP contribution in [0.2, 0.25) is 0 Å². The van der Waals surface area contributed by atoms with Gasteiger partial charge in [0.15, 0.2) is 11.6 Å². The highest BCUT2D eigenvalue weighted by atomic mass is 19.1. The van der Waals surface area contributed by atoms with Crippen molar-refractivity contribution < 1.29 is 13.6 Å². The molecule has 2 fully saturated rings. The first-order valence-electron chi connectivity index (χ1n) is 12.0. The van der Waals surface area contributed by atoms with Crippen LogP contribution in [-0.2, 0) is 0 Å². The van der Waals surface area contributed by atoms with Crippen LogP contribution in [0.3, 0.4) is 0 Å². The molecule has 1 aromatic rings. The Bertz CT molecular complexity index is 908. The molecule has 0 amide bonds. The molecule has 9 nitrogen and oxygen atoms in total. The van der Waals surface area contributed by atoms with E-state index >= 15 is 0 Å². The van der Waals surface area contributed by atoms with E-state index < -0.39 is 6.29 Å². The van der Waals surface area contributed by atoms with Crippen LogP contribution in [-0.4, -0.2) is 73.0 Å². The molecule has 0 aromatic heterocycles. The van der Waals surface area contributed by atoms with Crippen molar-refractivity contribution in [2.24, 2.45) is 33.1 Å². The number of aliphatic imine (C=N–C) groups is 2. The number of hydrogen-bond acceptors (Lipinski definition) is 8. The predicted molar refractivity (Wildman–Crippen MR) is 129 cm³/mol. The molecule has 5 unspecified atom stereocenters. The van der Waals surface area contributed by atoms with Gasteiger partial charge in [-0.25, -0.2) is 8.87 Å². The summed E-state index contributed by atoms with van der Waals surface area (Å²) in [5, 5.41) is 3.48. The normalized spacial score (nSPS) is 32.5. The lowest BCUT2D eigenvalue weighted by atomic mass is 10.0. The van der Waals surface area contributed by atoms with E-state index in [0.29, 0.717) is 22.4 Å². The molecule has 5 atom stereocenters. The van der Waals surface area contributed by atoms with Crippen LogP contribution in [0.25, 0.3) is 0 Å². The highest BCUT2D eigenvalue weighted by Crippen LogP contribution is 2.34. The monoisotopic (exact) mass is 461 g/mol. The van der Waals surface area contributed by atoms with Crippen LogP contribution in [0.15, 0.2) is 28.2 Å². The van der Waals surface area contributed by atoms with Gasteiger partial charge < -0.3 is 21.5 Å². The van der Waals surface area contributed by atoms with Crippen molar-refractivity contribution >= 4 is 17.6 Å². The minimum atomic E-state index is -0.551. The minimum absolute atomic E-state index is 0.153. The third-order valence-corrected chi connectivity index (χ3v) is 7.55. The van der Waals surface area contributed by atoms with E-state index in [0.717, 1.165) is 57.5 Å². The van der Waals surface area contributed by atoms with E-state index in [4.69, 9.17) is 21.9 Å². The predicted octanol–water partition coefficient (Wildman–Crippen LogP) is 1.60. The van der Waals surface area contributed by atoms with Crippen molar-refractivity contribution in [1.82, 2.24) is 4.90 Å². The maximum atomic E-state index is 14.1. The number of halogens is 1. The van der Waals surface area contributed by atoms with Crippen LogP contribution in [0.5, 0.6) is 5.75 Å². The molecule has 33 heavy (non-hydrogen) atoms. The molecule has 1 aliphatic carbocycles. The largest absolute Gasteiger partial charge is 0.494 e. The molecule has 4 rings (SSSR count). The zero-order valence-corrected chi connectivity index (χ0v) is 19.7. The quantitative estimate of drug-likeness (QED) is 0.436. The van der Waals surface area contributed by atoms with Crippen molar-refractivity contribution in [1.29, 1.82) is 0 Å². The number of quaternary nitrogens is 1. The first-order chi connectivity index (χ1) is 15.8. The van der Waals surface area contributed by atoms with Crippen molar-refractivity contribution in [3.8, 4) is 5.75 Å². The summed E-state index contributed by atoms with van der Waals surface area (Å²) >= 11 is 0. The number of nitrogens with zero attached hydrogens (tertiary/aromatic N) is 4. The molecule has 1 saturated carbocycles. The molecular formula is C23H38FN8O+. The second-order valence-electron chi connectivity index (χ2n) is 9.56. The van der Waals surface area contributed by atoms with Crippen molar-refractivity contribution in [3.63, 3.8) is 0 Å². The summed E-state index contributed by atoms with van der Waals surface area (Å²) in [6, 6.07) is 5.65. The molecule has 0 bridgehead atoms. The molecule has 1 aromatic carbocycles. The molecule has 2 heterocycles. The lowest BCUT2D eigenvalue weighted by Crippen LogP contribution is -2.70. The lowest BCUT2D eigenvalue weighted by molar-refractivity contribution is -0.874. The highest BCUT2D eigenvalue weighted by Gasteiger charge is 2.48. The number of guanidine groups is 2. The zero-order valence-electron chi connectivity index (χ0n) is 19.7. The average Bonchev–Trinajstić information content (AvgIpc) is 3.41. The number of benzene rings is 1. The molecule has 2 aliphatic heterocycles. The highest BCUT2D eigenvalue weighted by molar-refractivity contribution is 5.91. The molecular weight excluding hydrogens is 423 g/mol. The number of nitrogens with one attached hydrogen (secondary N) is 1. The Morgan fingerprint density at radius 1 is 1.24 bits per heavy atom. The Morgan fingerprint density at radius 3 is 2.76 bits per heavy atom. The van der Waals surface area contributed by atoms with Crippen LogP contribution in [0.4, 0.5) is 10.1 Å². The summed E-state index contributed by atoms with van der Waals surface area (Å²) in [5.41, 5.74) is 19.8. The third kappa shape index (κ3) is 4.92. The van der Waals surface area contributed by atoms with Gasteiger partial charge in [0.25, 0.3) is 0 Å². The smallest absolute Gasteiger partial charge is 0.305 e. The van der Waals surface area contributed by atoms with Crippen molar-refractivity contribution in [2.75, 3.05) is 38.6 Å². The first-order valence-corrected chi connectivity index (χ1v) is 12.0. The third-order valence-electron chi connectivity index (χ3n) is 7.55. The molecule has 182 valence electrons. The van der Waals surface area contributed by atoms with Gasteiger partial charge in [0.05, 0.1) is 19.7 Å². The standard InChI is InChI=1S/C23H38FN8O/c1-3-31-10-4-5-18(31)14-32(22(26)29-21(25)30-23(32)27)13-15-6-7-16(11-15)28-17-8-9-20(33-2)19(24)12-17/h8-9,12,15-16,18,22,28H,3-7,10-11,13-14,26H2,1-2H3,(H4,25,27,29,30)/q+1. The summed E-state index contributed by atoms with van der Waals surface area (Å²) in [6.07, 6.45) is 4.76. The van der Waals surface area contributed by atoms with Gasteiger partial charge >= 0.3 is 5.96 Å².